The standard InChI is InChI=1S/C14H19N3O4/c1-16(2)12-5-4-10(17(20)21)8-11(12)13(18)15-9-14(19)6-3-7-14/h4-5,8,19H,3,6-7,9H2,1-2H3,(H,15,18). The fraction of sp³-hybridized carbons (Fsp3) is 0.500. The minimum atomic E-state index is -0.825. The molecule has 1 amide bonds. The number of non-ortho nitro benzene ring substituents is 1. The lowest BCUT2D eigenvalue weighted by atomic mass is 9.80. The molecule has 0 atom stereocenters. The predicted molar refractivity (Wildman–Crippen MR) is 78.6 cm³/mol. The van der Waals surface area contributed by atoms with E-state index < -0.39 is 16.4 Å². The van der Waals surface area contributed by atoms with Gasteiger partial charge in [0.2, 0.25) is 0 Å². The molecule has 0 aromatic heterocycles. The van der Waals surface area contributed by atoms with Crippen molar-refractivity contribution in [1.29, 1.82) is 0 Å². The molecular weight excluding hydrogens is 274 g/mol. The Hall–Kier alpha value is -2.15. The largest absolute Gasteiger partial charge is 0.388 e. The van der Waals surface area contributed by atoms with Crippen LogP contribution in [0.15, 0.2) is 18.2 Å². The average Bonchev–Trinajstić information content (AvgIpc) is 2.41. The van der Waals surface area contributed by atoms with Crippen molar-refractivity contribution in [1.82, 2.24) is 5.32 Å². The summed E-state index contributed by atoms with van der Waals surface area (Å²) in [6.07, 6.45) is 2.29. The van der Waals surface area contributed by atoms with Crippen molar-refractivity contribution in [2.45, 2.75) is 24.9 Å². The van der Waals surface area contributed by atoms with E-state index in [-0.39, 0.29) is 17.8 Å². The summed E-state index contributed by atoms with van der Waals surface area (Å²) in [7, 11) is 3.52. The van der Waals surface area contributed by atoms with E-state index in [0.29, 0.717) is 18.5 Å². The number of aliphatic hydroxyl groups is 1. The van der Waals surface area contributed by atoms with Gasteiger partial charge in [-0.25, -0.2) is 0 Å². The van der Waals surface area contributed by atoms with Crippen LogP contribution in [0.4, 0.5) is 11.4 Å². The van der Waals surface area contributed by atoms with Crippen LogP contribution < -0.4 is 10.2 Å². The van der Waals surface area contributed by atoms with Crippen molar-refractivity contribution >= 4 is 17.3 Å². The van der Waals surface area contributed by atoms with E-state index in [1.807, 2.05) is 0 Å². The van der Waals surface area contributed by atoms with Crippen LogP contribution in [0, 0.1) is 10.1 Å². The van der Waals surface area contributed by atoms with E-state index in [1.54, 1.807) is 25.1 Å². The van der Waals surface area contributed by atoms with Gasteiger partial charge in [-0.1, -0.05) is 0 Å². The highest BCUT2D eigenvalue weighted by Gasteiger charge is 2.34. The molecule has 0 saturated heterocycles. The molecule has 1 saturated carbocycles. The third kappa shape index (κ3) is 3.30. The summed E-state index contributed by atoms with van der Waals surface area (Å²) in [6, 6.07) is 4.17. The Bertz CT molecular complexity index is 567. The van der Waals surface area contributed by atoms with E-state index in [4.69, 9.17) is 0 Å². The van der Waals surface area contributed by atoms with Crippen molar-refractivity contribution in [2.24, 2.45) is 0 Å². The molecule has 0 spiro atoms. The Labute approximate surface area is 122 Å². The lowest BCUT2D eigenvalue weighted by molar-refractivity contribution is -0.384. The number of rotatable bonds is 5. The van der Waals surface area contributed by atoms with Crippen LogP contribution in [-0.2, 0) is 0 Å². The minimum absolute atomic E-state index is 0.131. The number of hydrogen-bond acceptors (Lipinski definition) is 5. The van der Waals surface area contributed by atoms with Gasteiger partial charge in [0.25, 0.3) is 11.6 Å². The van der Waals surface area contributed by atoms with E-state index in [2.05, 4.69) is 5.32 Å². The Kier molecular flexibility index (Phi) is 4.13. The summed E-state index contributed by atoms with van der Waals surface area (Å²) in [5.41, 5.74) is -0.127. The molecule has 1 fully saturated rings. The molecule has 0 unspecified atom stereocenters. The maximum atomic E-state index is 12.3. The van der Waals surface area contributed by atoms with Crippen molar-refractivity contribution < 1.29 is 14.8 Å². The molecule has 0 heterocycles. The molecular formula is C14H19N3O4. The number of nitro benzene ring substituents is 1. The first-order valence-electron chi connectivity index (χ1n) is 6.79. The third-order valence-electron chi connectivity index (χ3n) is 3.78. The molecule has 114 valence electrons. The molecule has 7 heteroatoms. The first kappa shape index (κ1) is 15.2. The number of nitrogens with one attached hydrogen (secondary N) is 1. The highest BCUT2D eigenvalue weighted by atomic mass is 16.6. The molecule has 1 aliphatic carbocycles. The first-order valence-corrected chi connectivity index (χ1v) is 6.79. The summed E-state index contributed by atoms with van der Waals surface area (Å²) >= 11 is 0. The first-order chi connectivity index (χ1) is 9.82. The van der Waals surface area contributed by atoms with Crippen LogP contribution in [0.2, 0.25) is 0 Å². The molecule has 7 nitrogen and oxygen atoms in total. The highest BCUT2D eigenvalue weighted by Crippen LogP contribution is 2.31. The monoisotopic (exact) mass is 293 g/mol. The summed E-state index contributed by atoms with van der Waals surface area (Å²) in [6.45, 7) is 0.168. The van der Waals surface area contributed by atoms with Crippen LogP contribution in [-0.4, -0.2) is 42.2 Å². The minimum Gasteiger partial charge on any atom is -0.388 e. The van der Waals surface area contributed by atoms with Gasteiger partial charge in [0.05, 0.1) is 16.1 Å². The van der Waals surface area contributed by atoms with Gasteiger partial charge in [-0.15, -0.1) is 0 Å². The molecule has 21 heavy (non-hydrogen) atoms. The van der Waals surface area contributed by atoms with E-state index >= 15 is 0 Å². The highest BCUT2D eigenvalue weighted by molar-refractivity contribution is 6.00. The van der Waals surface area contributed by atoms with Crippen molar-refractivity contribution in [3.05, 3.63) is 33.9 Å². The second-order valence-corrected chi connectivity index (χ2v) is 5.61. The molecule has 1 aliphatic rings. The van der Waals surface area contributed by atoms with Gasteiger partial charge in [-0.3, -0.25) is 14.9 Å². The normalized spacial score (nSPS) is 16.0. The van der Waals surface area contributed by atoms with Gasteiger partial charge in [0, 0.05) is 38.5 Å². The summed E-state index contributed by atoms with van der Waals surface area (Å²) < 4.78 is 0. The summed E-state index contributed by atoms with van der Waals surface area (Å²) in [5, 5.41) is 23.5. The number of nitrogens with zero attached hydrogens (tertiary/aromatic N) is 2. The predicted octanol–water partition coefficient (Wildman–Crippen LogP) is 1.31. The lowest BCUT2D eigenvalue weighted by Gasteiger charge is -2.36. The van der Waals surface area contributed by atoms with Crippen LogP contribution in [0.3, 0.4) is 0 Å². The quantitative estimate of drug-likeness (QED) is 0.630. The van der Waals surface area contributed by atoms with Gasteiger partial charge >= 0.3 is 0 Å². The van der Waals surface area contributed by atoms with Gasteiger partial charge < -0.3 is 15.3 Å². The summed E-state index contributed by atoms with van der Waals surface area (Å²) in [5.74, 6) is -0.414. The fourth-order valence-electron chi connectivity index (χ4n) is 2.31. The van der Waals surface area contributed by atoms with Gasteiger partial charge in [0.1, 0.15) is 0 Å². The lowest BCUT2D eigenvalue weighted by Crippen LogP contribution is -2.47. The maximum Gasteiger partial charge on any atom is 0.270 e. The number of benzene rings is 1. The Morgan fingerprint density at radius 1 is 1.48 bits per heavy atom. The van der Waals surface area contributed by atoms with Gasteiger partial charge in [-0.05, 0) is 25.3 Å². The topological polar surface area (TPSA) is 95.7 Å². The Balaban J connectivity index is 2.20. The van der Waals surface area contributed by atoms with Gasteiger partial charge in [0.15, 0.2) is 0 Å². The molecule has 0 aliphatic heterocycles. The Morgan fingerprint density at radius 3 is 2.62 bits per heavy atom. The smallest absolute Gasteiger partial charge is 0.270 e. The van der Waals surface area contributed by atoms with Crippen LogP contribution in [0.1, 0.15) is 29.6 Å². The van der Waals surface area contributed by atoms with E-state index in [9.17, 15) is 20.0 Å². The SMILES string of the molecule is CN(C)c1ccc([N+](=O)[O-])cc1C(=O)NCC1(O)CCC1. The van der Waals surface area contributed by atoms with Gasteiger partial charge in [-0.2, -0.15) is 0 Å². The van der Waals surface area contributed by atoms with Crippen molar-refractivity contribution in [3.63, 3.8) is 0 Å². The number of carbonyl (C=O) groups excluding carboxylic acids is 1. The molecule has 1 aromatic rings. The van der Waals surface area contributed by atoms with Crippen LogP contribution in [0.5, 0.6) is 0 Å². The zero-order chi connectivity index (χ0) is 15.6. The molecule has 0 radical (unpaired) electrons. The van der Waals surface area contributed by atoms with Crippen molar-refractivity contribution in [2.75, 3.05) is 25.5 Å². The second kappa shape index (κ2) is 5.69. The molecule has 1 aromatic carbocycles. The second-order valence-electron chi connectivity index (χ2n) is 5.61. The number of carbonyl (C=O) groups is 1. The number of amides is 1. The van der Waals surface area contributed by atoms with Crippen molar-refractivity contribution in [3.8, 4) is 0 Å². The van der Waals surface area contributed by atoms with E-state index in [0.717, 1.165) is 6.42 Å². The third-order valence-corrected chi connectivity index (χ3v) is 3.78. The summed E-state index contributed by atoms with van der Waals surface area (Å²) in [4.78, 5) is 24.3. The molecule has 2 N–H and O–H groups in total. The number of anilines is 1. The average molecular weight is 293 g/mol. The van der Waals surface area contributed by atoms with Crippen LogP contribution >= 0.6 is 0 Å². The Morgan fingerprint density at radius 2 is 2.14 bits per heavy atom. The maximum absolute atomic E-state index is 12.3. The zero-order valence-corrected chi connectivity index (χ0v) is 12.1. The molecule has 0 bridgehead atoms. The zero-order valence-electron chi connectivity index (χ0n) is 12.1. The number of hydrogen-bond donors (Lipinski definition) is 2. The fourth-order valence-corrected chi connectivity index (χ4v) is 2.31. The number of nitro groups is 1. The van der Waals surface area contributed by atoms with E-state index in [1.165, 1.54) is 12.1 Å². The van der Waals surface area contributed by atoms with Crippen LogP contribution in [0.25, 0.3) is 0 Å². The molecule has 2 rings (SSSR count).